The van der Waals surface area contributed by atoms with E-state index < -0.39 is 0 Å². The van der Waals surface area contributed by atoms with Gasteiger partial charge in [0, 0.05) is 0 Å². The largest absolute Gasteiger partial charge is 0.0853 e. The maximum absolute atomic E-state index is 2.48. The van der Waals surface area contributed by atoms with Gasteiger partial charge in [0.25, 0.3) is 0 Å². The lowest BCUT2D eigenvalue weighted by atomic mass is 10.1. The molecule has 0 saturated heterocycles. The summed E-state index contributed by atoms with van der Waals surface area (Å²) in [5.41, 5.74) is 1.66. The second kappa shape index (κ2) is 5.47. The highest BCUT2D eigenvalue weighted by molar-refractivity contribution is 5.12. The van der Waals surface area contributed by atoms with Crippen molar-refractivity contribution in [1.29, 1.82) is 0 Å². The summed E-state index contributed by atoms with van der Waals surface area (Å²) in [6.45, 7) is 6.94. The molecular weight excluding hydrogens is 156 g/mol. The smallest absolute Gasteiger partial charge is 0.0177 e. The van der Waals surface area contributed by atoms with Gasteiger partial charge in [-0.25, -0.2) is 0 Å². The molecule has 0 heteroatoms. The van der Waals surface area contributed by atoms with Crippen LogP contribution in [0.5, 0.6) is 0 Å². The molecule has 76 valence electrons. The van der Waals surface area contributed by atoms with Crippen LogP contribution < -0.4 is 0 Å². The van der Waals surface area contributed by atoms with Gasteiger partial charge in [0.15, 0.2) is 0 Å². The zero-order valence-electron chi connectivity index (χ0n) is 9.47. The van der Waals surface area contributed by atoms with Crippen molar-refractivity contribution in [2.24, 2.45) is 11.8 Å². The summed E-state index contributed by atoms with van der Waals surface area (Å²) >= 11 is 0. The number of allylic oxidation sites excluding steroid dienone is 2. The first-order valence-electron chi connectivity index (χ1n) is 5.92. The normalized spacial score (nSPS) is 27.8. The highest BCUT2D eigenvalue weighted by atomic mass is 14.4. The molecule has 0 radical (unpaired) electrons. The minimum atomic E-state index is 0.950. The van der Waals surface area contributed by atoms with Crippen molar-refractivity contribution in [2.75, 3.05) is 0 Å². The molecule has 2 atom stereocenters. The molecule has 0 nitrogen and oxygen atoms in total. The van der Waals surface area contributed by atoms with Crippen LogP contribution >= 0.6 is 0 Å². The van der Waals surface area contributed by atoms with Crippen LogP contribution in [0, 0.1) is 11.8 Å². The van der Waals surface area contributed by atoms with Crippen molar-refractivity contribution < 1.29 is 0 Å². The summed E-state index contributed by atoms with van der Waals surface area (Å²) in [5.74, 6) is 1.93. The molecule has 0 bridgehead atoms. The van der Waals surface area contributed by atoms with Gasteiger partial charge in [0.1, 0.15) is 0 Å². The fraction of sp³-hybridized carbons (Fsp3) is 0.846. The molecule has 0 aliphatic heterocycles. The lowest BCUT2D eigenvalue weighted by molar-refractivity contribution is 0.671. The van der Waals surface area contributed by atoms with E-state index in [-0.39, 0.29) is 0 Å². The molecule has 0 spiro atoms. The Morgan fingerprint density at radius 2 is 2.00 bits per heavy atom. The van der Waals surface area contributed by atoms with Gasteiger partial charge in [-0.1, -0.05) is 44.8 Å². The van der Waals surface area contributed by atoms with Gasteiger partial charge in [-0.3, -0.25) is 0 Å². The Morgan fingerprint density at radius 1 is 1.31 bits per heavy atom. The predicted molar refractivity (Wildman–Crippen MR) is 59.8 cm³/mol. The molecular formula is C13H24. The molecule has 0 aromatic rings. The summed E-state index contributed by atoms with van der Waals surface area (Å²) in [7, 11) is 0. The third-order valence-corrected chi connectivity index (χ3v) is 3.22. The highest BCUT2D eigenvalue weighted by Gasteiger charge is 2.33. The lowest BCUT2D eigenvalue weighted by Gasteiger charge is -1.99. The molecule has 0 aromatic heterocycles. The van der Waals surface area contributed by atoms with Crippen LogP contribution in [0.15, 0.2) is 11.6 Å². The molecule has 0 amide bonds. The van der Waals surface area contributed by atoms with Gasteiger partial charge < -0.3 is 0 Å². The van der Waals surface area contributed by atoms with Crippen molar-refractivity contribution in [1.82, 2.24) is 0 Å². The molecule has 1 aliphatic rings. The molecule has 2 unspecified atom stereocenters. The highest BCUT2D eigenvalue weighted by Crippen LogP contribution is 2.43. The van der Waals surface area contributed by atoms with Gasteiger partial charge in [-0.05, 0) is 38.0 Å². The lowest BCUT2D eigenvalue weighted by Crippen LogP contribution is -1.82. The van der Waals surface area contributed by atoms with E-state index in [0.29, 0.717) is 0 Å². The zero-order chi connectivity index (χ0) is 9.68. The Hall–Kier alpha value is -0.260. The van der Waals surface area contributed by atoms with Crippen LogP contribution in [0.4, 0.5) is 0 Å². The number of hydrogen-bond donors (Lipinski definition) is 0. The Bertz CT molecular complexity index is 167. The molecule has 1 rings (SSSR count). The number of unbranched alkanes of at least 4 members (excludes halogenated alkanes) is 4. The van der Waals surface area contributed by atoms with Crippen molar-refractivity contribution in [3.05, 3.63) is 11.6 Å². The fourth-order valence-electron chi connectivity index (χ4n) is 2.01. The molecule has 0 heterocycles. The predicted octanol–water partition coefficient (Wildman–Crippen LogP) is 4.56. The van der Waals surface area contributed by atoms with Crippen LogP contribution in [-0.2, 0) is 0 Å². The van der Waals surface area contributed by atoms with E-state index in [9.17, 15) is 0 Å². The SMILES string of the molecule is CCCCCCC=C(C)C1CC1C. The van der Waals surface area contributed by atoms with E-state index >= 15 is 0 Å². The summed E-state index contributed by atoms with van der Waals surface area (Å²) in [6, 6.07) is 0. The first-order chi connectivity index (χ1) is 6.25. The van der Waals surface area contributed by atoms with E-state index in [1.165, 1.54) is 38.5 Å². The minimum Gasteiger partial charge on any atom is -0.0853 e. The van der Waals surface area contributed by atoms with Gasteiger partial charge in [0.2, 0.25) is 0 Å². The van der Waals surface area contributed by atoms with Gasteiger partial charge >= 0.3 is 0 Å². The molecule has 0 N–H and O–H groups in total. The Balaban J connectivity index is 2.02. The third kappa shape index (κ3) is 3.97. The topological polar surface area (TPSA) is 0 Å². The van der Waals surface area contributed by atoms with Crippen LogP contribution in [0.25, 0.3) is 0 Å². The Morgan fingerprint density at radius 3 is 2.54 bits per heavy atom. The van der Waals surface area contributed by atoms with Crippen LogP contribution in [-0.4, -0.2) is 0 Å². The summed E-state index contributed by atoms with van der Waals surface area (Å²) in [5, 5.41) is 0. The fourth-order valence-corrected chi connectivity index (χ4v) is 2.01. The monoisotopic (exact) mass is 180 g/mol. The molecule has 0 aromatic carbocycles. The Kier molecular flexibility index (Phi) is 4.55. The molecule has 1 fully saturated rings. The summed E-state index contributed by atoms with van der Waals surface area (Å²) in [6.07, 6.45) is 10.8. The quantitative estimate of drug-likeness (QED) is 0.415. The molecule has 1 aliphatic carbocycles. The summed E-state index contributed by atoms with van der Waals surface area (Å²) in [4.78, 5) is 0. The van der Waals surface area contributed by atoms with E-state index in [1.807, 2.05) is 0 Å². The number of hydrogen-bond acceptors (Lipinski definition) is 0. The van der Waals surface area contributed by atoms with E-state index in [1.54, 1.807) is 5.57 Å². The van der Waals surface area contributed by atoms with Crippen LogP contribution in [0.3, 0.4) is 0 Å². The van der Waals surface area contributed by atoms with Crippen molar-refractivity contribution in [3.63, 3.8) is 0 Å². The Labute approximate surface area is 83.4 Å². The van der Waals surface area contributed by atoms with Gasteiger partial charge in [-0.2, -0.15) is 0 Å². The van der Waals surface area contributed by atoms with Gasteiger partial charge in [-0.15, -0.1) is 0 Å². The second-order valence-electron chi connectivity index (χ2n) is 4.62. The maximum atomic E-state index is 2.48. The van der Waals surface area contributed by atoms with Gasteiger partial charge in [0.05, 0.1) is 0 Å². The summed E-state index contributed by atoms with van der Waals surface area (Å²) < 4.78 is 0. The minimum absolute atomic E-state index is 0.950. The third-order valence-electron chi connectivity index (χ3n) is 3.22. The average molecular weight is 180 g/mol. The second-order valence-corrected chi connectivity index (χ2v) is 4.62. The average Bonchev–Trinajstić information content (AvgIpc) is 2.82. The van der Waals surface area contributed by atoms with Crippen molar-refractivity contribution in [2.45, 2.75) is 59.3 Å². The van der Waals surface area contributed by atoms with E-state index in [4.69, 9.17) is 0 Å². The van der Waals surface area contributed by atoms with E-state index in [0.717, 1.165) is 11.8 Å². The standard InChI is InChI=1S/C13H24/c1-4-5-6-7-8-9-11(2)13-10-12(13)3/h9,12-13H,4-8,10H2,1-3H3. The molecule has 1 saturated carbocycles. The number of rotatable bonds is 6. The maximum Gasteiger partial charge on any atom is -0.0177 e. The van der Waals surface area contributed by atoms with Crippen molar-refractivity contribution >= 4 is 0 Å². The van der Waals surface area contributed by atoms with E-state index in [2.05, 4.69) is 26.8 Å². The van der Waals surface area contributed by atoms with Crippen molar-refractivity contribution in [3.8, 4) is 0 Å². The first-order valence-corrected chi connectivity index (χ1v) is 5.92. The molecule has 13 heavy (non-hydrogen) atoms. The first kappa shape index (κ1) is 10.8. The zero-order valence-corrected chi connectivity index (χ0v) is 9.47. The van der Waals surface area contributed by atoms with Crippen LogP contribution in [0.1, 0.15) is 59.3 Å². The van der Waals surface area contributed by atoms with Crippen LogP contribution in [0.2, 0.25) is 0 Å².